The summed E-state index contributed by atoms with van der Waals surface area (Å²) >= 11 is 1.53. The summed E-state index contributed by atoms with van der Waals surface area (Å²) in [6.07, 6.45) is 3.54. The summed E-state index contributed by atoms with van der Waals surface area (Å²) in [5.74, 6) is 0.397. The minimum absolute atomic E-state index is 0.0882. The van der Waals surface area contributed by atoms with E-state index in [0.29, 0.717) is 5.92 Å². The maximum absolute atomic E-state index is 12.7. The number of carbonyl (C=O) groups is 1. The summed E-state index contributed by atoms with van der Waals surface area (Å²) in [5.41, 5.74) is 1.67. The van der Waals surface area contributed by atoms with Gasteiger partial charge in [0.25, 0.3) is 5.91 Å². The Morgan fingerprint density at radius 1 is 1.33 bits per heavy atom. The van der Waals surface area contributed by atoms with Crippen LogP contribution in [0.5, 0.6) is 0 Å². The normalized spacial score (nSPS) is 21.4. The predicted molar refractivity (Wildman–Crippen MR) is 86.5 cm³/mol. The molecule has 0 saturated heterocycles. The van der Waals surface area contributed by atoms with Crippen LogP contribution in [0.3, 0.4) is 0 Å². The summed E-state index contributed by atoms with van der Waals surface area (Å²) in [6.45, 7) is 6.32. The van der Waals surface area contributed by atoms with Gasteiger partial charge in [0.2, 0.25) is 0 Å². The third-order valence-corrected chi connectivity index (χ3v) is 5.58. The molecule has 0 aromatic carbocycles. The molecule has 1 atom stereocenters. The minimum atomic E-state index is -0.360. The fraction of sp³-hybridized carbons (Fsp3) is 0.375. The molecule has 21 heavy (non-hydrogen) atoms. The lowest BCUT2D eigenvalue weighted by molar-refractivity contribution is 0.0533. The van der Waals surface area contributed by atoms with Gasteiger partial charge in [-0.3, -0.25) is 9.78 Å². The van der Waals surface area contributed by atoms with Crippen LogP contribution >= 0.6 is 11.3 Å². The number of thiophene rings is 1. The third kappa shape index (κ3) is 2.12. The minimum Gasteiger partial charge on any atom is -0.361 e. The number of hydrogen-bond donors (Lipinski definition) is 1. The van der Waals surface area contributed by atoms with E-state index in [0.717, 1.165) is 21.0 Å². The molecule has 0 aliphatic carbocycles. The van der Waals surface area contributed by atoms with Crippen molar-refractivity contribution in [2.45, 2.75) is 26.4 Å². The van der Waals surface area contributed by atoms with E-state index in [1.807, 2.05) is 24.1 Å². The Kier molecular flexibility index (Phi) is 3.24. The summed E-state index contributed by atoms with van der Waals surface area (Å²) in [5, 5.41) is 3.54. The maximum atomic E-state index is 12.7. The van der Waals surface area contributed by atoms with E-state index in [1.54, 1.807) is 12.4 Å². The molecule has 2 aromatic rings. The quantitative estimate of drug-likeness (QED) is 0.920. The molecule has 5 heteroatoms. The molecule has 1 unspecified atom stereocenters. The first kappa shape index (κ1) is 14.1. The number of nitrogens with zero attached hydrogens (tertiary/aromatic N) is 2. The van der Waals surface area contributed by atoms with Crippen LogP contribution in [0.4, 0.5) is 5.69 Å². The van der Waals surface area contributed by atoms with E-state index in [1.165, 1.54) is 11.3 Å². The van der Waals surface area contributed by atoms with Crippen LogP contribution in [0.2, 0.25) is 0 Å². The topological polar surface area (TPSA) is 45.2 Å². The van der Waals surface area contributed by atoms with Crippen molar-refractivity contribution in [2.24, 2.45) is 5.92 Å². The number of fused-ring (bicyclic) bond motifs is 1. The van der Waals surface area contributed by atoms with Crippen molar-refractivity contribution in [1.82, 2.24) is 9.88 Å². The van der Waals surface area contributed by atoms with Gasteiger partial charge in [-0.2, -0.15) is 0 Å². The maximum Gasteiger partial charge on any atom is 0.267 e. The first-order valence-electron chi connectivity index (χ1n) is 7.04. The molecule has 3 heterocycles. The van der Waals surface area contributed by atoms with Gasteiger partial charge in [-0.05, 0) is 36.6 Å². The lowest BCUT2D eigenvalue weighted by Gasteiger charge is -2.46. The van der Waals surface area contributed by atoms with Crippen LogP contribution in [0, 0.1) is 5.92 Å². The highest BCUT2D eigenvalue weighted by Crippen LogP contribution is 2.42. The third-order valence-electron chi connectivity index (χ3n) is 4.40. The molecule has 1 aliphatic heterocycles. The first-order valence-corrected chi connectivity index (χ1v) is 7.85. The fourth-order valence-electron chi connectivity index (χ4n) is 2.55. The molecule has 1 amide bonds. The molecular formula is C16H19N3OS. The lowest BCUT2D eigenvalue weighted by atomic mass is 9.93. The zero-order chi connectivity index (χ0) is 15.2. The van der Waals surface area contributed by atoms with Crippen LogP contribution in [0.1, 0.15) is 30.4 Å². The summed E-state index contributed by atoms with van der Waals surface area (Å²) in [7, 11) is 1.87. The largest absolute Gasteiger partial charge is 0.361 e. The second kappa shape index (κ2) is 4.84. The Morgan fingerprint density at radius 3 is 2.62 bits per heavy atom. The number of aromatic nitrogens is 1. The fourth-order valence-corrected chi connectivity index (χ4v) is 3.65. The van der Waals surface area contributed by atoms with Crippen LogP contribution in [0.25, 0.3) is 10.4 Å². The van der Waals surface area contributed by atoms with Gasteiger partial charge in [0.05, 0.1) is 5.69 Å². The van der Waals surface area contributed by atoms with Gasteiger partial charge in [0.1, 0.15) is 10.5 Å². The van der Waals surface area contributed by atoms with E-state index < -0.39 is 0 Å². The van der Waals surface area contributed by atoms with Crippen molar-refractivity contribution in [2.75, 3.05) is 12.4 Å². The van der Waals surface area contributed by atoms with E-state index in [-0.39, 0.29) is 11.6 Å². The van der Waals surface area contributed by atoms with Crippen LogP contribution in [0.15, 0.2) is 30.6 Å². The lowest BCUT2D eigenvalue weighted by Crippen LogP contribution is -2.58. The Bertz CT molecular complexity index is 680. The molecular weight excluding hydrogens is 282 g/mol. The van der Waals surface area contributed by atoms with Gasteiger partial charge in [-0.15, -0.1) is 11.3 Å². The number of rotatable bonds is 2. The SMILES string of the molecule is CC(C)C1(C)Nc2cc(-c3ccncc3)sc2C(=O)N1C. The Morgan fingerprint density at radius 2 is 2.00 bits per heavy atom. The highest BCUT2D eigenvalue weighted by atomic mass is 32.1. The van der Waals surface area contributed by atoms with Crippen LogP contribution in [-0.4, -0.2) is 28.5 Å². The number of nitrogens with one attached hydrogen (secondary N) is 1. The van der Waals surface area contributed by atoms with Crippen LogP contribution < -0.4 is 5.32 Å². The molecule has 3 rings (SSSR count). The van der Waals surface area contributed by atoms with Crippen molar-refractivity contribution in [1.29, 1.82) is 0 Å². The standard InChI is InChI=1S/C16H19N3OS/c1-10(2)16(3)18-12-9-13(11-5-7-17-8-6-11)21-14(12)15(20)19(16)4/h5-10,18H,1-4H3. The average molecular weight is 301 g/mol. The monoisotopic (exact) mass is 301 g/mol. The zero-order valence-corrected chi connectivity index (χ0v) is 13.5. The number of anilines is 1. The highest BCUT2D eigenvalue weighted by molar-refractivity contribution is 7.18. The van der Waals surface area contributed by atoms with E-state index in [2.05, 4.69) is 37.1 Å². The Labute approximate surface area is 128 Å². The smallest absolute Gasteiger partial charge is 0.267 e. The summed E-state index contributed by atoms with van der Waals surface area (Å²) in [4.78, 5) is 20.4. The van der Waals surface area contributed by atoms with E-state index >= 15 is 0 Å². The number of pyridine rings is 1. The molecule has 4 nitrogen and oxygen atoms in total. The van der Waals surface area contributed by atoms with Gasteiger partial charge in [0, 0.05) is 24.3 Å². The first-order chi connectivity index (χ1) is 9.93. The van der Waals surface area contributed by atoms with Crippen molar-refractivity contribution < 1.29 is 4.79 Å². The average Bonchev–Trinajstić information content (AvgIpc) is 2.89. The number of carbonyl (C=O) groups excluding carboxylic acids is 1. The van der Waals surface area contributed by atoms with E-state index in [9.17, 15) is 4.79 Å². The van der Waals surface area contributed by atoms with Crippen molar-refractivity contribution in [3.05, 3.63) is 35.5 Å². The predicted octanol–water partition coefficient (Wildman–Crippen LogP) is 3.68. The van der Waals surface area contributed by atoms with Gasteiger partial charge in [-0.25, -0.2) is 0 Å². The number of hydrogen-bond acceptors (Lipinski definition) is 4. The van der Waals surface area contributed by atoms with Gasteiger partial charge >= 0.3 is 0 Å². The van der Waals surface area contributed by atoms with Gasteiger partial charge < -0.3 is 10.2 Å². The molecule has 110 valence electrons. The van der Waals surface area contributed by atoms with Crippen molar-refractivity contribution >= 4 is 22.9 Å². The second-order valence-electron chi connectivity index (χ2n) is 5.88. The Hall–Kier alpha value is -1.88. The second-order valence-corrected chi connectivity index (χ2v) is 6.93. The van der Waals surface area contributed by atoms with Crippen LogP contribution in [-0.2, 0) is 0 Å². The van der Waals surface area contributed by atoms with E-state index in [4.69, 9.17) is 0 Å². The molecule has 0 spiro atoms. The van der Waals surface area contributed by atoms with Gasteiger partial charge in [-0.1, -0.05) is 13.8 Å². The van der Waals surface area contributed by atoms with Gasteiger partial charge in [0.15, 0.2) is 0 Å². The molecule has 2 aromatic heterocycles. The van der Waals surface area contributed by atoms with Crippen molar-refractivity contribution in [3.8, 4) is 10.4 Å². The molecule has 0 saturated carbocycles. The molecule has 0 bridgehead atoms. The highest BCUT2D eigenvalue weighted by Gasteiger charge is 2.42. The van der Waals surface area contributed by atoms with Crippen molar-refractivity contribution in [3.63, 3.8) is 0 Å². The molecule has 0 radical (unpaired) electrons. The zero-order valence-electron chi connectivity index (χ0n) is 12.7. The molecule has 0 fully saturated rings. The molecule has 1 aliphatic rings. The molecule has 1 N–H and O–H groups in total. The summed E-state index contributed by atoms with van der Waals surface area (Å²) < 4.78 is 0. The number of amides is 1. The Balaban J connectivity index is 2.06. The summed E-state index contributed by atoms with van der Waals surface area (Å²) in [6, 6.07) is 6.00.